The molecule has 0 radical (unpaired) electrons. The maximum atomic E-state index is 12.1. The molecule has 5 nitrogen and oxygen atoms in total. The predicted molar refractivity (Wildman–Crippen MR) is 89.4 cm³/mol. The average molecular weight is 332 g/mol. The van der Waals surface area contributed by atoms with E-state index in [0.29, 0.717) is 6.54 Å². The van der Waals surface area contributed by atoms with E-state index in [9.17, 15) is 9.59 Å². The predicted octanol–water partition coefficient (Wildman–Crippen LogP) is 2.97. The number of aliphatic carboxylic acids is 1. The first-order chi connectivity index (χ1) is 11.1. The van der Waals surface area contributed by atoms with Crippen LogP contribution < -0.4 is 5.32 Å². The van der Waals surface area contributed by atoms with Crippen molar-refractivity contribution in [3.63, 3.8) is 0 Å². The first-order valence-corrected chi connectivity index (χ1v) is 8.43. The van der Waals surface area contributed by atoms with E-state index in [-0.39, 0.29) is 24.7 Å². The van der Waals surface area contributed by atoms with Crippen molar-refractivity contribution in [3.05, 3.63) is 52.0 Å². The monoisotopic (exact) mass is 332 g/mol. The van der Waals surface area contributed by atoms with Gasteiger partial charge in [-0.25, -0.2) is 4.98 Å². The summed E-state index contributed by atoms with van der Waals surface area (Å²) < 4.78 is 0. The zero-order valence-electron chi connectivity index (χ0n) is 13.0. The number of nitrogens with zero attached hydrogens (tertiary/aromatic N) is 1. The number of carboxylic acid groups (broad SMARTS) is 1. The van der Waals surface area contributed by atoms with Crippen LogP contribution >= 0.6 is 11.3 Å². The van der Waals surface area contributed by atoms with Crippen molar-refractivity contribution in [1.29, 1.82) is 0 Å². The maximum absolute atomic E-state index is 12.1. The average Bonchev–Trinajstić information content (AvgIpc) is 3.01. The molecular weight excluding hydrogens is 312 g/mol. The van der Waals surface area contributed by atoms with Gasteiger partial charge in [0.1, 0.15) is 0 Å². The molecule has 1 amide bonds. The van der Waals surface area contributed by atoms with Gasteiger partial charge in [-0.3, -0.25) is 9.59 Å². The minimum atomic E-state index is -0.904. The Morgan fingerprint density at radius 1 is 1.26 bits per heavy atom. The second kappa shape index (κ2) is 8.43. The van der Waals surface area contributed by atoms with Crippen LogP contribution in [0.25, 0.3) is 0 Å². The van der Waals surface area contributed by atoms with Crippen molar-refractivity contribution >= 4 is 23.2 Å². The molecule has 1 heterocycles. The zero-order valence-corrected chi connectivity index (χ0v) is 13.8. The number of carbonyl (C=O) groups excluding carboxylic acids is 1. The lowest BCUT2D eigenvalue weighted by Crippen LogP contribution is -2.25. The molecule has 0 aliphatic rings. The van der Waals surface area contributed by atoms with Crippen LogP contribution in [0, 0.1) is 0 Å². The number of carbonyl (C=O) groups is 2. The molecule has 0 bridgehead atoms. The lowest BCUT2D eigenvalue weighted by molar-refractivity contribution is -0.137. The van der Waals surface area contributed by atoms with E-state index in [1.54, 1.807) is 11.3 Å². The number of aryl methyl sites for hydroxylation is 1. The Bertz CT molecular complexity index is 655. The fourth-order valence-electron chi connectivity index (χ4n) is 2.32. The van der Waals surface area contributed by atoms with Crippen molar-refractivity contribution in [3.8, 4) is 0 Å². The number of thiazole rings is 1. The van der Waals surface area contributed by atoms with Gasteiger partial charge in [0, 0.05) is 17.7 Å². The standard InChI is InChI=1S/C17H20N2O3S/c1-2-16-19-14(11-23-16)10-18-15(20)8-13(9-17(21)22)12-6-4-3-5-7-12/h3-7,11,13H,2,8-10H2,1H3,(H,18,20)(H,21,22)/t13-/m1/s1. The van der Waals surface area contributed by atoms with E-state index >= 15 is 0 Å². The summed E-state index contributed by atoms with van der Waals surface area (Å²) in [6.07, 6.45) is 0.975. The van der Waals surface area contributed by atoms with Crippen LogP contribution in [0.5, 0.6) is 0 Å². The van der Waals surface area contributed by atoms with Crippen molar-refractivity contribution in [1.82, 2.24) is 10.3 Å². The highest BCUT2D eigenvalue weighted by molar-refractivity contribution is 7.09. The molecule has 0 saturated carbocycles. The third kappa shape index (κ3) is 5.49. The van der Waals surface area contributed by atoms with E-state index in [2.05, 4.69) is 10.3 Å². The Hall–Kier alpha value is -2.21. The normalized spacial score (nSPS) is 11.9. The molecule has 1 atom stereocenters. The van der Waals surface area contributed by atoms with Gasteiger partial charge in [0.15, 0.2) is 0 Å². The Balaban J connectivity index is 1.93. The SMILES string of the molecule is CCc1nc(CNC(=O)C[C@H](CC(=O)O)c2ccccc2)cs1. The Morgan fingerprint density at radius 2 is 2.00 bits per heavy atom. The first-order valence-electron chi connectivity index (χ1n) is 7.55. The van der Waals surface area contributed by atoms with Gasteiger partial charge in [-0.2, -0.15) is 0 Å². The van der Waals surface area contributed by atoms with Crippen LogP contribution in [-0.4, -0.2) is 22.0 Å². The third-order valence-electron chi connectivity index (χ3n) is 3.49. The smallest absolute Gasteiger partial charge is 0.303 e. The second-order valence-corrected chi connectivity index (χ2v) is 6.22. The maximum Gasteiger partial charge on any atom is 0.303 e. The molecule has 2 rings (SSSR count). The molecule has 122 valence electrons. The van der Waals surface area contributed by atoms with Crippen LogP contribution in [0.2, 0.25) is 0 Å². The van der Waals surface area contributed by atoms with Crippen LogP contribution in [0.1, 0.15) is 41.9 Å². The second-order valence-electron chi connectivity index (χ2n) is 5.27. The molecule has 0 aliphatic heterocycles. The number of benzene rings is 1. The summed E-state index contributed by atoms with van der Waals surface area (Å²) in [5.41, 5.74) is 1.71. The molecular formula is C17H20N2O3S. The molecule has 0 aliphatic carbocycles. The number of aromatic nitrogens is 1. The Morgan fingerprint density at radius 3 is 2.61 bits per heavy atom. The number of amides is 1. The van der Waals surface area contributed by atoms with E-state index < -0.39 is 5.97 Å². The van der Waals surface area contributed by atoms with Gasteiger partial charge in [-0.1, -0.05) is 37.3 Å². The topological polar surface area (TPSA) is 79.3 Å². The quantitative estimate of drug-likeness (QED) is 0.779. The summed E-state index contributed by atoms with van der Waals surface area (Å²) in [7, 11) is 0. The lowest BCUT2D eigenvalue weighted by atomic mass is 9.92. The summed E-state index contributed by atoms with van der Waals surface area (Å²) in [5.74, 6) is -1.39. The van der Waals surface area contributed by atoms with Crippen LogP contribution in [-0.2, 0) is 22.6 Å². The highest BCUT2D eigenvalue weighted by Crippen LogP contribution is 2.23. The van der Waals surface area contributed by atoms with E-state index in [1.165, 1.54) is 0 Å². The lowest BCUT2D eigenvalue weighted by Gasteiger charge is -2.15. The van der Waals surface area contributed by atoms with Crippen molar-refractivity contribution in [2.75, 3.05) is 0 Å². The highest BCUT2D eigenvalue weighted by atomic mass is 32.1. The fourth-order valence-corrected chi connectivity index (χ4v) is 3.07. The minimum absolute atomic E-state index is 0.0614. The van der Waals surface area contributed by atoms with Crippen LogP contribution in [0.3, 0.4) is 0 Å². The Kier molecular flexibility index (Phi) is 6.29. The van der Waals surface area contributed by atoms with Gasteiger partial charge in [-0.05, 0) is 12.0 Å². The molecule has 1 aromatic heterocycles. The van der Waals surface area contributed by atoms with Crippen molar-refractivity contribution < 1.29 is 14.7 Å². The summed E-state index contributed by atoms with van der Waals surface area (Å²) >= 11 is 1.58. The van der Waals surface area contributed by atoms with Crippen LogP contribution in [0.15, 0.2) is 35.7 Å². The molecule has 0 saturated heterocycles. The van der Waals surface area contributed by atoms with Gasteiger partial charge in [0.05, 0.1) is 23.7 Å². The molecule has 0 unspecified atom stereocenters. The fraction of sp³-hybridized carbons (Fsp3) is 0.353. The number of nitrogens with one attached hydrogen (secondary N) is 1. The number of rotatable bonds is 8. The third-order valence-corrected chi connectivity index (χ3v) is 4.53. The van der Waals surface area contributed by atoms with E-state index in [0.717, 1.165) is 22.7 Å². The largest absolute Gasteiger partial charge is 0.481 e. The number of hydrogen-bond acceptors (Lipinski definition) is 4. The molecule has 2 N–H and O–H groups in total. The number of hydrogen-bond donors (Lipinski definition) is 2. The summed E-state index contributed by atoms with van der Waals surface area (Å²) in [6.45, 7) is 2.42. The van der Waals surface area contributed by atoms with E-state index in [1.807, 2.05) is 42.6 Å². The zero-order chi connectivity index (χ0) is 16.7. The first kappa shape index (κ1) is 17.1. The van der Waals surface area contributed by atoms with E-state index in [4.69, 9.17) is 5.11 Å². The summed E-state index contributed by atoms with van der Waals surface area (Å²) in [6, 6.07) is 9.28. The summed E-state index contributed by atoms with van der Waals surface area (Å²) in [4.78, 5) is 27.6. The molecule has 0 spiro atoms. The van der Waals surface area contributed by atoms with Gasteiger partial charge in [-0.15, -0.1) is 11.3 Å². The minimum Gasteiger partial charge on any atom is -0.481 e. The van der Waals surface area contributed by atoms with Gasteiger partial charge < -0.3 is 10.4 Å². The number of carboxylic acids is 1. The molecule has 2 aromatic rings. The highest BCUT2D eigenvalue weighted by Gasteiger charge is 2.19. The van der Waals surface area contributed by atoms with Crippen molar-refractivity contribution in [2.45, 2.75) is 38.6 Å². The van der Waals surface area contributed by atoms with Crippen molar-refractivity contribution in [2.24, 2.45) is 0 Å². The molecule has 6 heteroatoms. The molecule has 1 aromatic carbocycles. The van der Waals surface area contributed by atoms with Gasteiger partial charge >= 0.3 is 5.97 Å². The summed E-state index contributed by atoms with van der Waals surface area (Å²) in [5, 5.41) is 14.9. The Labute approximate surface area is 139 Å². The molecule has 23 heavy (non-hydrogen) atoms. The van der Waals surface area contributed by atoms with Gasteiger partial charge in [0.25, 0.3) is 0 Å². The van der Waals surface area contributed by atoms with Gasteiger partial charge in [0.2, 0.25) is 5.91 Å². The van der Waals surface area contributed by atoms with Crippen LogP contribution in [0.4, 0.5) is 0 Å². The molecule has 0 fully saturated rings.